The molecule has 1 saturated heterocycles. The first-order valence-corrected chi connectivity index (χ1v) is 10.3. The lowest BCUT2D eigenvalue weighted by Crippen LogP contribution is -2.39. The van der Waals surface area contributed by atoms with Crippen LogP contribution in [0.3, 0.4) is 0 Å². The van der Waals surface area contributed by atoms with Crippen LogP contribution in [0.4, 0.5) is 0 Å². The molecule has 1 saturated carbocycles. The van der Waals surface area contributed by atoms with Crippen molar-refractivity contribution in [1.29, 1.82) is 0 Å². The molecule has 1 aliphatic heterocycles. The first-order valence-electron chi connectivity index (χ1n) is 9.12. The van der Waals surface area contributed by atoms with Gasteiger partial charge in [-0.3, -0.25) is 9.69 Å². The second-order valence-electron chi connectivity index (χ2n) is 6.75. The van der Waals surface area contributed by atoms with Gasteiger partial charge in [-0.15, -0.1) is 0 Å². The van der Waals surface area contributed by atoms with Crippen molar-refractivity contribution < 1.29 is 9.53 Å². The van der Waals surface area contributed by atoms with E-state index >= 15 is 0 Å². The van der Waals surface area contributed by atoms with Crippen molar-refractivity contribution in [2.45, 2.75) is 64.5 Å². The Labute approximate surface area is 159 Å². The van der Waals surface area contributed by atoms with E-state index in [4.69, 9.17) is 17.0 Å². The number of thiocarbonyl (C=S) groups is 1. The number of hydrogen-bond acceptors (Lipinski definition) is 4. The number of hydrogen-bond donors (Lipinski definition) is 0. The van der Waals surface area contributed by atoms with E-state index in [0.717, 1.165) is 35.5 Å². The Bertz CT molecular complexity index is 663. The number of carbonyl (C=O) groups is 1. The molecule has 1 heterocycles. The van der Waals surface area contributed by atoms with Gasteiger partial charge in [-0.1, -0.05) is 62.3 Å². The van der Waals surface area contributed by atoms with Gasteiger partial charge in [0.2, 0.25) is 0 Å². The molecule has 1 atom stereocenters. The highest BCUT2D eigenvalue weighted by Crippen LogP contribution is 2.37. The molecular formula is C20H25NO2S2. The summed E-state index contributed by atoms with van der Waals surface area (Å²) in [4.78, 5) is 15.4. The summed E-state index contributed by atoms with van der Waals surface area (Å²) in [5, 5.41) is 0. The molecule has 5 heteroatoms. The van der Waals surface area contributed by atoms with Gasteiger partial charge in [0.15, 0.2) is 0 Å². The van der Waals surface area contributed by atoms with Crippen molar-refractivity contribution in [2.24, 2.45) is 0 Å². The van der Waals surface area contributed by atoms with E-state index in [9.17, 15) is 4.79 Å². The summed E-state index contributed by atoms with van der Waals surface area (Å²) in [5.74, 6) is 0.933. The van der Waals surface area contributed by atoms with E-state index in [0.29, 0.717) is 10.4 Å². The Morgan fingerprint density at radius 3 is 2.60 bits per heavy atom. The SMILES string of the molecule is CC[C@@H](C)Oc1ccc(/C=C2/SC(=S)N(C3CCCCC3)C2=O)cc1. The Morgan fingerprint density at radius 1 is 1.28 bits per heavy atom. The van der Waals surface area contributed by atoms with Gasteiger partial charge in [-0.05, 0) is 50.0 Å². The van der Waals surface area contributed by atoms with Crippen LogP contribution in [0.2, 0.25) is 0 Å². The minimum atomic E-state index is 0.0711. The van der Waals surface area contributed by atoms with Gasteiger partial charge < -0.3 is 4.74 Å². The van der Waals surface area contributed by atoms with Crippen LogP contribution in [0.5, 0.6) is 5.75 Å². The summed E-state index contributed by atoms with van der Waals surface area (Å²) in [5.41, 5.74) is 1.00. The zero-order valence-electron chi connectivity index (χ0n) is 14.9. The highest BCUT2D eigenvalue weighted by molar-refractivity contribution is 8.26. The Balaban J connectivity index is 1.71. The molecule has 1 amide bonds. The van der Waals surface area contributed by atoms with Crippen molar-refractivity contribution in [3.63, 3.8) is 0 Å². The first kappa shape index (κ1) is 18.5. The molecule has 1 aromatic carbocycles. The summed E-state index contributed by atoms with van der Waals surface area (Å²) in [6, 6.07) is 8.19. The second kappa shape index (κ2) is 8.37. The summed E-state index contributed by atoms with van der Waals surface area (Å²) in [6.07, 6.45) is 8.92. The van der Waals surface area contributed by atoms with Crippen LogP contribution in [-0.2, 0) is 4.79 Å². The van der Waals surface area contributed by atoms with E-state index in [2.05, 4.69) is 13.8 Å². The van der Waals surface area contributed by atoms with E-state index < -0.39 is 0 Å². The van der Waals surface area contributed by atoms with E-state index in [1.807, 2.05) is 35.2 Å². The standard InChI is InChI=1S/C20H25NO2S2/c1-3-14(2)23-17-11-9-15(10-12-17)13-18-19(22)21(20(24)25-18)16-7-5-4-6-8-16/h9-14,16H,3-8H2,1-2H3/b18-13+/t14-/m1/s1. The molecule has 0 aromatic heterocycles. The number of ether oxygens (including phenoxy) is 1. The fraction of sp³-hybridized carbons (Fsp3) is 0.500. The minimum Gasteiger partial charge on any atom is -0.491 e. The number of carbonyl (C=O) groups excluding carboxylic acids is 1. The van der Waals surface area contributed by atoms with Gasteiger partial charge in [-0.25, -0.2) is 0 Å². The van der Waals surface area contributed by atoms with Crippen LogP contribution in [0.25, 0.3) is 6.08 Å². The number of thioether (sulfide) groups is 1. The van der Waals surface area contributed by atoms with E-state index in [1.165, 1.54) is 31.0 Å². The van der Waals surface area contributed by atoms with Crippen molar-refractivity contribution in [3.8, 4) is 5.75 Å². The number of rotatable bonds is 5. The van der Waals surface area contributed by atoms with Crippen molar-refractivity contribution in [3.05, 3.63) is 34.7 Å². The van der Waals surface area contributed by atoms with Crippen molar-refractivity contribution >= 4 is 40.3 Å². The highest BCUT2D eigenvalue weighted by atomic mass is 32.2. The van der Waals surface area contributed by atoms with Gasteiger partial charge in [0.25, 0.3) is 5.91 Å². The molecule has 3 nitrogen and oxygen atoms in total. The molecule has 2 aliphatic rings. The van der Waals surface area contributed by atoms with Gasteiger partial charge in [0.05, 0.1) is 11.0 Å². The summed E-state index contributed by atoms with van der Waals surface area (Å²) >= 11 is 6.91. The maximum absolute atomic E-state index is 12.8. The second-order valence-corrected chi connectivity index (χ2v) is 8.43. The van der Waals surface area contributed by atoms with Crippen LogP contribution in [0.15, 0.2) is 29.2 Å². The highest BCUT2D eigenvalue weighted by Gasteiger charge is 2.37. The maximum Gasteiger partial charge on any atom is 0.266 e. The average Bonchev–Trinajstić information content (AvgIpc) is 2.90. The number of benzene rings is 1. The van der Waals surface area contributed by atoms with Gasteiger partial charge >= 0.3 is 0 Å². The molecule has 1 aliphatic carbocycles. The van der Waals surface area contributed by atoms with Crippen LogP contribution in [0.1, 0.15) is 57.9 Å². The zero-order valence-corrected chi connectivity index (χ0v) is 16.5. The molecule has 1 aromatic rings. The smallest absolute Gasteiger partial charge is 0.266 e. The molecule has 0 bridgehead atoms. The molecular weight excluding hydrogens is 350 g/mol. The summed E-state index contributed by atoms with van der Waals surface area (Å²) in [6.45, 7) is 4.16. The van der Waals surface area contributed by atoms with Crippen LogP contribution in [0, 0.1) is 0 Å². The van der Waals surface area contributed by atoms with Crippen LogP contribution >= 0.6 is 24.0 Å². The summed E-state index contributed by atoms with van der Waals surface area (Å²) in [7, 11) is 0. The third-order valence-corrected chi connectivity index (χ3v) is 6.18. The zero-order chi connectivity index (χ0) is 17.8. The quantitative estimate of drug-likeness (QED) is 0.509. The fourth-order valence-corrected chi connectivity index (χ4v) is 4.64. The molecule has 0 N–H and O–H groups in total. The minimum absolute atomic E-state index is 0.0711. The van der Waals surface area contributed by atoms with E-state index in [-0.39, 0.29) is 12.0 Å². The molecule has 3 rings (SSSR count). The Kier molecular flexibility index (Phi) is 6.18. The third kappa shape index (κ3) is 4.45. The Morgan fingerprint density at radius 2 is 1.96 bits per heavy atom. The topological polar surface area (TPSA) is 29.5 Å². The molecule has 0 spiro atoms. The van der Waals surface area contributed by atoms with Crippen LogP contribution in [-0.4, -0.2) is 27.3 Å². The average molecular weight is 376 g/mol. The molecule has 0 unspecified atom stereocenters. The maximum atomic E-state index is 12.8. The predicted molar refractivity (Wildman–Crippen MR) is 109 cm³/mol. The lowest BCUT2D eigenvalue weighted by atomic mass is 9.94. The van der Waals surface area contributed by atoms with E-state index in [1.54, 1.807) is 0 Å². The van der Waals surface area contributed by atoms with Gasteiger partial charge in [0.1, 0.15) is 10.1 Å². The molecule has 25 heavy (non-hydrogen) atoms. The monoisotopic (exact) mass is 375 g/mol. The summed E-state index contributed by atoms with van der Waals surface area (Å²) < 4.78 is 6.51. The molecule has 134 valence electrons. The predicted octanol–water partition coefficient (Wildman–Crippen LogP) is 5.40. The largest absolute Gasteiger partial charge is 0.491 e. The lowest BCUT2D eigenvalue weighted by Gasteiger charge is -2.29. The number of nitrogens with zero attached hydrogens (tertiary/aromatic N) is 1. The van der Waals surface area contributed by atoms with Gasteiger partial charge in [0, 0.05) is 6.04 Å². The lowest BCUT2D eigenvalue weighted by molar-refractivity contribution is -0.124. The molecule has 2 fully saturated rings. The van der Waals surface area contributed by atoms with Gasteiger partial charge in [-0.2, -0.15) is 0 Å². The van der Waals surface area contributed by atoms with Crippen molar-refractivity contribution in [1.82, 2.24) is 4.90 Å². The Hall–Kier alpha value is -1.33. The normalized spacial score (nSPS) is 21.8. The van der Waals surface area contributed by atoms with Crippen molar-refractivity contribution in [2.75, 3.05) is 0 Å². The van der Waals surface area contributed by atoms with Crippen LogP contribution < -0.4 is 4.74 Å². The molecule has 0 radical (unpaired) electrons. The third-order valence-electron chi connectivity index (χ3n) is 4.85. The number of amides is 1. The first-order chi connectivity index (χ1) is 12.1. The fourth-order valence-electron chi connectivity index (χ4n) is 3.24.